The first kappa shape index (κ1) is 19.7. The summed E-state index contributed by atoms with van der Waals surface area (Å²) in [5.41, 5.74) is 1.10. The van der Waals surface area contributed by atoms with Gasteiger partial charge >= 0.3 is 23.8 Å². The zero-order chi connectivity index (χ0) is 20.8. The zero-order valence-electron chi connectivity index (χ0n) is 15.3. The van der Waals surface area contributed by atoms with Gasteiger partial charge in [0, 0.05) is 0 Å². The number of urea groups is 1. The lowest BCUT2D eigenvalue weighted by molar-refractivity contribution is -0.153. The van der Waals surface area contributed by atoms with Crippen molar-refractivity contribution < 1.29 is 24.3 Å². The minimum atomic E-state index is -1.35. The van der Waals surface area contributed by atoms with E-state index in [1.165, 1.54) is 6.21 Å². The maximum absolute atomic E-state index is 12.4. The van der Waals surface area contributed by atoms with Gasteiger partial charge in [-0.25, -0.2) is 14.6 Å². The van der Waals surface area contributed by atoms with E-state index in [9.17, 15) is 24.3 Å². The minimum absolute atomic E-state index is 0.00437. The fourth-order valence-electron chi connectivity index (χ4n) is 2.74. The third kappa shape index (κ3) is 4.64. The van der Waals surface area contributed by atoms with Crippen LogP contribution in [0.25, 0.3) is 0 Å². The molecule has 2 aromatic rings. The van der Waals surface area contributed by atoms with Crippen LogP contribution >= 0.6 is 0 Å². The molecule has 9 nitrogen and oxygen atoms in total. The Hall–Kier alpha value is -4.01. The van der Waals surface area contributed by atoms with Crippen LogP contribution in [0.15, 0.2) is 65.8 Å². The fraction of sp³-hybridized carbons (Fsp3) is 0.150. The van der Waals surface area contributed by atoms with Crippen LogP contribution < -0.4 is 5.32 Å². The van der Waals surface area contributed by atoms with Crippen molar-refractivity contribution in [3.8, 4) is 0 Å². The number of imide groups is 1. The summed E-state index contributed by atoms with van der Waals surface area (Å²) in [4.78, 5) is 49.3. The van der Waals surface area contributed by atoms with Crippen LogP contribution in [0, 0.1) is 0 Å². The molecule has 1 unspecified atom stereocenters. The lowest BCUT2D eigenvalue weighted by Gasteiger charge is -2.30. The lowest BCUT2D eigenvalue weighted by Crippen LogP contribution is -2.57. The van der Waals surface area contributed by atoms with Gasteiger partial charge in [-0.3, -0.25) is 14.5 Å². The number of carboxylic acids is 1. The molecule has 29 heavy (non-hydrogen) atoms. The standard InChI is InChI=1S/C20H18N4O5/c25-17-18(26)24(21-13-14-7-3-1-4-8-14)12-11-23(17)20(29)22-16(19(27)28)15-9-5-2-6-10-15/h1-10,13,16H,11-12H2,(H,22,29)(H,27,28). The van der Waals surface area contributed by atoms with Crippen molar-refractivity contribution in [2.24, 2.45) is 5.10 Å². The van der Waals surface area contributed by atoms with Crippen molar-refractivity contribution in [3.05, 3.63) is 71.8 Å². The average molecular weight is 394 g/mol. The smallest absolute Gasteiger partial charge is 0.332 e. The van der Waals surface area contributed by atoms with Gasteiger partial charge in [0.2, 0.25) is 0 Å². The molecule has 1 fully saturated rings. The van der Waals surface area contributed by atoms with Gasteiger partial charge in [0.1, 0.15) is 0 Å². The van der Waals surface area contributed by atoms with E-state index in [-0.39, 0.29) is 13.1 Å². The molecule has 1 saturated heterocycles. The highest BCUT2D eigenvalue weighted by molar-refractivity contribution is 6.38. The van der Waals surface area contributed by atoms with Gasteiger partial charge in [0.15, 0.2) is 6.04 Å². The van der Waals surface area contributed by atoms with E-state index in [2.05, 4.69) is 10.4 Å². The molecule has 3 rings (SSSR count). The second-order valence-electron chi connectivity index (χ2n) is 6.17. The summed E-state index contributed by atoms with van der Waals surface area (Å²) in [6.45, 7) is -0.103. The third-order valence-corrected chi connectivity index (χ3v) is 4.24. The summed E-state index contributed by atoms with van der Waals surface area (Å²) in [6, 6.07) is 14.8. The van der Waals surface area contributed by atoms with Crippen molar-refractivity contribution >= 4 is 30.0 Å². The van der Waals surface area contributed by atoms with Crippen LogP contribution in [-0.2, 0) is 14.4 Å². The summed E-state index contributed by atoms with van der Waals surface area (Å²) in [7, 11) is 0. The maximum Gasteiger partial charge on any atom is 0.332 e. The van der Waals surface area contributed by atoms with E-state index in [1.807, 2.05) is 18.2 Å². The Labute approximate surface area is 166 Å². The predicted molar refractivity (Wildman–Crippen MR) is 103 cm³/mol. The Morgan fingerprint density at radius 1 is 0.966 bits per heavy atom. The second-order valence-corrected chi connectivity index (χ2v) is 6.17. The average Bonchev–Trinajstić information content (AvgIpc) is 2.74. The van der Waals surface area contributed by atoms with Gasteiger partial charge in [-0.2, -0.15) is 5.10 Å². The molecule has 0 radical (unpaired) electrons. The number of carbonyl (C=O) groups excluding carboxylic acids is 3. The number of nitrogens with one attached hydrogen (secondary N) is 1. The molecule has 0 aliphatic carbocycles. The quantitative estimate of drug-likeness (QED) is 0.584. The van der Waals surface area contributed by atoms with Crippen molar-refractivity contribution in [2.45, 2.75) is 6.04 Å². The van der Waals surface area contributed by atoms with Gasteiger partial charge in [0.05, 0.1) is 19.3 Å². The third-order valence-electron chi connectivity index (χ3n) is 4.24. The molecule has 1 aliphatic rings. The molecule has 1 heterocycles. The van der Waals surface area contributed by atoms with Crippen LogP contribution in [0.5, 0.6) is 0 Å². The van der Waals surface area contributed by atoms with Crippen molar-refractivity contribution in [2.75, 3.05) is 13.1 Å². The first-order valence-electron chi connectivity index (χ1n) is 8.78. The van der Waals surface area contributed by atoms with Gasteiger partial charge in [0.25, 0.3) is 0 Å². The van der Waals surface area contributed by atoms with Crippen molar-refractivity contribution in [1.29, 1.82) is 0 Å². The summed E-state index contributed by atoms with van der Waals surface area (Å²) in [6.07, 6.45) is 1.44. The number of piperazine rings is 1. The summed E-state index contributed by atoms with van der Waals surface area (Å²) >= 11 is 0. The largest absolute Gasteiger partial charge is 0.479 e. The highest BCUT2D eigenvalue weighted by atomic mass is 16.4. The first-order chi connectivity index (χ1) is 14.0. The number of hydrazone groups is 1. The molecular weight excluding hydrogens is 376 g/mol. The Balaban J connectivity index is 1.67. The molecule has 9 heteroatoms. The first-order valence-corrected chi connectivity index (χ1v) is 8.78. The summed E-state index contributed by atoms with van der Waals surface area (Å²) < 4.78 is 0. The molecule has 0 saturated carbocycles. The SMILES string of the molecule is O=C(O)C(NC(=O)N1CCN(N=Cc2ccccc2)C(=O)C1=O)c1ccccc1. The number of nitrogens with zero attached hydrogens (tertiary/aromatic N) is 3. The van der Waals surface area contributed by atoms with E-state index < -0.39 is 29.9 Å². The number of carbonyl (C=O) groups is 4. The van der Waals surface area contributed by atoms with E-state index in [0.29, 0.717) is 10.5 Å². The molecule has 1 aliphatic heterocycles. The van der Waals surface area contributed by atoms with Gasteiger partial charge in [-0.15, -0.1) is 0 Å². The highest BCUT2D eigenvalue weighted by Crippen LogP contribution is 2.14. The van der Waals surface area contributed by atoms with Crippen LogP contribution in [-0.4, -0.2) is 58.1 Å². The van der Waals surface area contributed by atoms with Crippen LogP contribution in [0.4, 0.5) is 4.79 Å². The van der Waals surface area contributed by atoms with E-state index in [4.69, 9.17) is 0 Å². The van der Waals surface area contributed by atoms with Crippen LogP contribution in [0.1, 0.15) is 17.2 Å². The number of rotatable bonds is 5. The summed E-state index contributed by atoms with van der Waals surface area (Å²) in [5.74, 6) is -3.32. The number of hydrogen-bond donors (Lipinski definition) is 2. The molecule has 1 atom stereocenters. The number of carboxylic acid groups (broad SMARTS) is 1. The van der Waals surface area contributed by atoms with Gasteiger partial charge in [-0.1, -0.05) is 60.7 Å². The minimum Gasteiger partial charge on any atom is -0.479 e. The van der Waals surface area contributed by atoms with E-state index in [0.717, 1.165) is 10.6 Å². The molecule has 148 valence electrons. The molecule has 0 bridgehead atoms. The second kappa shape index (κ2) is 8.79. The molecule has 2 N–H and O–H groups in total. The normalized spacial score (nSPS) is 15.4. The monoisotopic (exact) mass is 394 g/mol. The van der Waals surface area contributed by atoms with Gasteiger partial charge < -0.3 is 10.4 Å². The topological polar surface area (TPSA) is 119 Å². The van der Waals surface area contributed by atoms with Crippen molar-refractivity contribution in [3.63, 3.8) is 0 Å². The Bertz CT molecular complexity index is 946. The van der Waals surface area contributed by atoms with Crippen molar-refractivity contribution in [1.82, 2.24) is 15.2 Å². The van der Waals surface area contributed by atoms with Crippen LogP contribution in [0.2, 0.25) is 0 Å². The number of amides is 4. The highest BCUT2D eigenvalue weighted by Gasteiger charge is 2.37. The number of aliphatic carboxylic acids is 1. The predicted octanol–water partition coefficient (Wildman–Crippen LogP) is 1.23. The lowest BCUT2D eigenvalue weighted by atomic mass is 10.1. The zero-order valence-corrected chi connectivity index (χ0v) is 15.3. The molecule has 4 amide bonds. The molecule has 2 aromatic carbocycles. The Morgan fingerprint density at radius 2 is 1.59 bits per heavy atom. The Morgan fingerprint density at radius 3 is 2.21 bits per heavy atom. The number of benzene rings is 2. The van der Waals surface area contributed by atoms with Crippen LogP contribution in [0.3, 0.4) is 0 Å². The fourth-order valence-corrected chi connectivity index (χ4v) is 2.74. The molecule has 0 spiro atoms. The Kier molecular flexibility index (Phi) is 5.98. The molecule has 0 aromatic heterocycles. The number of hydrogen-bond acceptors (Lipinski definition) is 5. The van der Waals surface area contributed by atoms with Gasteiger partial charge in [-0.05, 0) is 11.1 Å². The summed E-state index contributed by atoms with van der Waals surface area (Å²) in [5, 5.41) is 16.7. The van der Waals surface area contributed by atoms with E-state index >= 15 is 0 Å². The molecular formula is C20H18N4O5. The van der Waals surface area contributed by atoms with E-state index in [1.54, 1.807) is 42.5 Å². The maximum atomic E-state index is 12.4.